The molecule has 90 valence electrons. The molecule has 0 unspecified atom stereocenters. The van der Waals surface area contributed by atoms with Crippen LogP contribution >= 0.6 is 11.6 Å². The molecule has 1 aromatic carbocycles. The van der Waals surface area contributed by atoms with Gasteiger partial charge in [0.15, 0.2) is 0 Å². The van der Waals surface area contributed by atoms with Crippen LogP contribution in [0, 0.1) is 0 Å². The van der Waals surface area contributed by atoms with E-state index in [1.165, 1.54) is 0 Å². The monoisotopic (exact) mass is 247 g/mol. The summed E-state index contributed by atoms with van der Waals surface area (Å²) in [4.78, 5) is 4.43. The summed E-state index contributed by atoms with van der Waals surface area (Å²) in [7, 11) is 0. The third-order valence-corrected chi connectivity index (χ3v) is 3.02. The highest BCUT2D eigenvalue weighted by Gasteiger charge is 1.98. The van der Waals surface area contributed by atoms with Crippen LogP contribution in [-0.4, -0.2) is 6.21 Å². The first kappa shape index (κ1) is 13.7. The van der Waals surface area contributed by atoms with Crippen LogP contribution in [0.1, 0.15) is 32.8 Å². The second kappa shape index (κ2) is 7.08. The molecule has 0 heterocycles. The molecule has 0 aliphatic rings. The van der Waals surface area contributed by atoms with Crippen LogP contribution in [0.3, 0.4) is 0 Å². The summed E-state index contributed by atoms with van der Waals surface area (Å²) in [5, 5.41) is 0.725. The standard InChI is InChI=1S/C15H18ClN/c1-4-12(3)14(16)11-17-15(5-2)13-9-7-6-8-10-13/h5-11H,4H2,1-3H3/b14-12?,15-5-,17-11?. The maximum Gasteiger partial charge on any atom is 0.0659 e. The summed E-state index contributed by atoms with van der Waals surface area (Å²) in [5.74, 6) is 0. The molecule has 1 aromatic rings. The Kier molecular flexibility index (Phi) is 5.71. The molecule has 1 rings (SSSR count). The molecule has 1 nitrogen and oxygen atoms in total. The zero-order valence-electron chi connectivity index (χ0n) is 10.6. The first-order chi connectivity index (χ1) is 8.19. The van der Waals surface area contributed by atoms with Crippen molar-refractivity contribution in [3.05, 3.63) is 52.6 Å². The molecule has 0 radical (unpaired) electrons. The fourth-order valence-electron chi connectivity index (χ4n) is 1.33. The van der Waals surface area contributed by atoms with Gasteiger partial charge in [0, 0.05) is 6.21 Å². The topological polar surface area (TPSA) is 12.4 Å². The number of aliphatic imine (C=N–C) groups is 1. The molecule has 2 heteroatoms. The molecule has 0 N–H and O–H groups in total. The second-order valence-corrected chi connectivity index (χ2v) is 4.19. The highest BCUT2D eigenvalue weighted by molar-refractivity contribution is 6.39. The van der Waals surface area contributed by atoms with E-state index in [-0.39, 0.29) is 0 Å². The van der Waals surface area contributed by atoms with E-state index in [4.69, 9.17) is 11.6 Å². The van der Waals surface area contributed by atoms with Gasteiger partial charge in [-0.1, -0.05) is 60.5 Å². The number of nitrogens with zero attached hydrogens (tertiary/aromatic N) is 1. The number of hydrogen-bond acceptors (Lipinski definition) is 1. The van der Waals surface area contributed by atoms with Crippen LogP contribution < -0.4 is 0 Å². The third kappa shape index (κ3) is 4.20. The van der Waals surface area contributed by atoms with Crippen molar-refractivity contribution in [1.29, 1.82) is 0 Å². The highest BCUT2D eigenvalue weighted by Crippen LogP contribution is 2.17. The number of allylic oxidation sites excluding steroid dienone is 3. The van der Waals surface area contributed by atoms with Crippen LogP contribution in [0.5, 0.6) is 0 Å². The van der Waals surface area contributed by atoms with Crippen molar-refractivity contribution >= 4 is 23.5 Å². The number of rotatable bonds is 4. The average Bonchev–Trinajstić information content (AvgIpc) is 2.39. The van der Waals surface area contributed by atoms with E-state index >= 15 is 0 Å². The van der Waals surface area contributed by atoms with Gasteiger partial charge in [-0.2, -0.15) is 0 Å². The van der Waals surface area contributed by atoms with Crippen molar-refractivity contribution in [2.45, 2.75) is 27.2 Å². The van der Waals surface area contributed by atoms with Gasteiger partial charge in [0.05, 0.1) is 10.7 Å². The molecule has 0 atom stereocenters. The van der Waals surface area contributed by atoms with Crippen LogP contribution in [0.15, 0.2) is 52.0 Å². The maximum absolute atomic E-state index is 6.12. The summed E-state index contributed by atoms with van der Waals surface area (Å²) in [5.41, 5.74) is 3.19. The first-order valence-electron chi connectivity index (χ1n) is 5.80. The normalized spacial score (nSPS) is 14.0. The van der Waals surface area contributed by atoms with Crippen LogP contribution in [0.25, 0.3) is 5.70 Å². The largest absolute Gasteiger partial charge is 0.255 e. The van der Waals surface area contributed by atoms with Gasteiger partial charge in [0.2, 0.25) is 0 Å². The maximum atomic E-state index is 6.12. The molecule has 0 bridgehead atoms. The summed E-state index contributed by atoms with van der Waals surface area (Å²) < 4.78 is 0. The molecule has 0 amide bonds. The number of hydrogen-bond donors (Lipinski definition) is 0. The van der Waals surface area contributed by atoms with Crippen molar-refractivity contribution in [3.8, 4) is 0 Å². The summed E-state index contributed by atoms with van der Waals surface area (Å²) in [6.45, 7) is 6.08. The summed E-state index contributed by atoms with van der Waals surface area (Å²) in [6, 6.07) is 10.1. The van der Waals surface area contributed by atoms with Gasteiger partial charge in [0.1, 0.15) is 0 Å². The van der Waals surface area contributed by atoms with E-state index in [1.54, 1.807) is 6.21 Å². The van der Waals surface area contributed by atoms with Crippen molar-refractivity contribution in [1.82, 2.24) is 0 Å². The van der Waals surface area contributed by atoms with Gasteiger partial charge in [-0.25, -0.2) is 0 Å². The summed E-state index contributed by atoms with van der Waals surface area (Å²) in [6.07, 6.45) is 4.65. The molecule has 0 aliphatic carbocycles. The lowest BCUT2D eigenvalue weighted by atomic mass is 10.1. The van der Waals surface area contributed by atoms with Crippen molar-refractivity contribution < 1.29 is 0 Å². The lowest BCUT2D eigenvalue weighted by Gasteiger charge is -2.01. The molecule has 0 fully saturated rings. The van der Waals surface area contributed by atoms with Crippen LogP contribution in [-0.2, 0) is 0 Å². The molecule has 0 spiro atoms. The predicted octanol–water partition coefficient (Wildman–Crippen LogP) is 5.04. The van der Waals surface area contributed by atoms with E-state index in [0.717, 1.165) is 28.3 Å². The Bertz CT molecular complexity index is 441. The van der Waals surface area contributed by atoms with E-state index in [2.05, 4.69) is 11.9 Å². The van der Waals surface area contributed by atoms with E-state index < -0.39 is 0 Å². The summed E-state index contributed by atoms with van der Waals surface area (Å²) >= 11 is 6.12. The van der Waals surface area contributed by atoms with Gasteiger partial charge in [-0.05, 0) is 25.8 Å². The lowest BCUT2D eigenvalue weighted by molar-refractivity contribution is 1.10. The molecule has 0 saturated carbocycles. The van der Waals surface area contributed by atoms with Gasteiger partial charge < -0.3 is 0 Å². The molecule has 17 heavy (non-hydrogen) atoms. The lowest BCUT2D eigenvalue weighted by Crippen LogP contribution is -1.85. The van der Waals surface area contributed by atoms with Crippen molar-refractivity contribution in [2.75, 3.05) is 0 Å². The minimum absolute atomic E-state index is 0.725. The molecular formula is C15H18ClN. The zero-order valence-corrected chi connectivity index (χ0v) is 11.3. The number of halogens is 1. The van der Waals surface area contributed by atoms with Gasteiger partial charge in [-0.15, -0.1) is 0 Å². The molecule has 0 aromatic heterocycles. The Balaban J connectivity index is 2.91. The minimum atomic E-state index is 0.725. The van der Waals surface area contributed by atoms with Gasteiger partial charge in [-0.3, -0.25) is 4.99 Å². The molecule has 0 aliphatic heterocycles. The molecule has 0 saturated heterocycles. The minimum Gasteiger partial charge on any atom is -0.255 e. The average molecular weight is 248 g/mol. The van der Waals surface area contributed by atoms with E-state index in [1.807, 2.05) is 50.3 Å². The third-order valence-electron chi connectivity index (χ3n) is 2.60. The molecular weight excluding hydrogens is 230 g/mol. The highest BCUT2D eigenvalue weighted by atomic mass is 35.5. The fourth-order valence-corrected chi connectivity index (χ4v) is 1.51. The first-order valence-corrected chi connectivity index (χ1v) is 6.17. The van der Waals surface area contributed by atoms with E-state index in [9.17, 15) is 0 Å². The quantitative estimate of drug-likeness (QED) is 0.661. The Morgan fingerprint density at radius 3 is 2.47 bits per heavy atom. The van der Waals surface area contributed by atoms with Gasteiger partial charge in [0.25, 0.3) is 0 Å². The van der Waals surface area contributed by atoms with Gasteiger partial charge >= 0.3 is 0 Å². The smallest absolute Gasteiger partial charge is 0.0659 e. The SMILES string of the molecule is C/C=C(\N=CC(Cl)=C(C)CC)c1ccccc1. The van der Waals surface area contributed by atoms with Crippen molar-refractivity contribution in [3.63, 3.8) is 0 Å². The van der Waals surface area contributed by atoms with Crippen LogP contribution in [0.2, 0.25) is 0 Å². The van der Waals surface area contributed by atoms with Crippen molar-refractivity contribution in [2.24, 2.45) is 4.99 Å². The zero-order chi connectivity index (χ0) is 12.7. The second-order valence-electron chi connectivity index (χ2n) is 3.78. The van der Waals surface area contributed by atoms with Crippen LogP contribution in [0.4, 0.5) is 0 Å². The predicted molar refractivity (Wildman–Crippen MR) is 77.4 cm³/mol. The number of benzene rings is 1. The Morgan fingerprint density at radius 2 is 1.94 bits per heavy atom. The van der Waals surface area contributed by atoms with E-state index in [0.29, 0.717) is 0 Å². The Morgan fingerprint density at radius 1 is 1.29 bits per heavy atom. The Hall–Kier alpha value is -1.34. The Labute approximate surface area is 109 Å². The fraction of sp³-hybridized carbons (Fsp3) is 0.267.